The molecule has 0 aliphatic carbocycles. The topological polar surface area (TPSA) is 47.6 Å². The largest absolute Gasteiger partial charge is 0.496 e. The number of carbonyl (C=O) groups excluding carboxylic acids is 1. The summed E-state index contributed by atoms with van der Waals surface area (Å²) in [6, 6.07) is 5.28. The molecule has 1 aromatic rings. The molecule has 1 aromatic carbocycles. The average Bonchev–Trinajstić information content (AvgIpc) is 2.49. The van der Waals surface area contributed by atoms with Gasteiger partial charge in [-0.05, 0) is 30.4 Å². The van der Waals surface area contributed by atoms with Crippen LogP contribution in [0.4, 0.5) is 0 Å². The van der Waals surface area contributed by atoms with Gasteiger partial charge in [-0.3, -0.25) is 4.79 Å². The third kappa shape index (κ3) is 5.12. The molecule has 0 atom stereocenters. The molecule has 0 bridgehead atoms. The highest BCUT2D eigenvalue weighted by Gasteiger charge is 2.22. The molecule has 118 valence electrons. The fourth-order valence-electron chi connectivity index (χ4n) is 2.12. The van der Waals surface area contributed by atoms with Crippen LogP contribution in [0.1, 0.15) is 37.0 Å². The lowest BCUT2D eigenvalue weighted by Crippen LogP contribution is -2.34. The second kappa shape index (κ2) is 8.13. The zero-order chi connectivity index (χ0) is 15.9. The fraction of sp³-hybridized carbons (Fsp3) is 0.562. The number of amides is 1. The summed E-state index contributed by atoms with van der Waals surface area (Å²) in [6.45, 7) is 4.79. The van der Waals surface area contributed by atoms with Gasteiger partial charge >= 0.3 is 0 Å². The normalized spacial score (nSPS) is 11.1. The van der Waals surface area contributed by atoms with Crippen molar-refractivity contribution in [3.05, 3.63) is 23.8 Å². The summed E-state index contributed by atoms with van der Waals surface area (Å²) in [6.07, 6.45) is 1.89. The lowest BCUT2D eigenvalue weighted by Gasteiger charge is -2.25. The Morgan fingerprint density at radius 1 is 1.24 bits per heavy atom. The Morgan fingerprint density at radius 2 is 1.81 bits per heavy atom. The molecule has 5 heteroatoms. The highest BCUT2D eigenvalue weighted by molar-refractivity contribution is 6.17. The smallest absolute Gasteiger partial charge is 0.258 e. The first-order valence-corrected chi connectivity index (χ1v) is 7.54. The lowest BCUT2D eigenvalue weighted by atomic mass is 9.88. The van der Waals surface area contributed by atoms with E-state index in [0.29, 0.717) is 29.5 Å². The molecular weight excluding hydrogens is 290 g/mol. The minimum Gasteiger partial charge on any atom is -0.496 e. The minimum absolute atomic E-state index is 0.000198. The molecule has 0 heterocycles. The second-order valence-corrected chi connectivity index (χ2v) is 6.05. The van der Waals surface area contributed by atoms with Crippen molar-refractivity contribution in [3.8, 4) is 11.5 Å². The van der Waals surface area contributed by atoms with Crippen LogP contribution in [0.25, 0.3) is 0 Å². The molecular formula is C16H24ClNO3. The number of nitrogens with one attached hydrogen (secondary N) is 1. The molecule has 0 unspecified atom stereocenters. The van der Waals surface area contributed by atoms with Crippen LogP contribution in [0, 0.1) is 5.41 Å². The van der Waals surface area contributed by atoms with Crippen LogP contribution in [0.5, 0.6) is 11.5 Å². The Bertz CT molecular complexity index is 452. The van der Waals surface area contributed by atoms with E-state index < -0.39 is 0 Å². The molecule has 0 aliphatic rings. The molecule has 0 spiro atoms. The van der Waals surface area contributed by atoms with Crippen LogP contribution in [-0.4, -0.2) is 32.6 Å². The summed E-state index contributed by atoms with van der Waals surface area (Å²) >= 11 is 5.72. The van der Waals surface area contributed by atoms with Gasteiger partial charge in [-0.2, -0.15) is 0 Å². The summed E-state index contributed by atoms with van der Waals surface area (Å²) in [5, 5.41) is 2.96. The number of alkyl halides is 1. The summed E-state index contributed by atoms with van der Waals surface area (Å²) in [5.41, 5.74) is 0.426. The van der Waals surface area contributed by atoms with Gasteiger partial charge in [-0.15, -0.1) is 11.6 Å². The number of hydrogen-bond donors (Lipinski definition) is 1. The van der Waals surface area contributed by atoms with Crippen LogP contribution in [0.15, 0.2) is 18.2 Å². The van der Waals surface area contributed by atoms with Gasteiger partial charge in [-0.1, -0.05) is 19.9 Å². The predicted molar refractivity (Wildman–Crippen MR) is 85.6 cm³/mol. The maximum absolute atomic E-state index is 12.4. The molecule has 4 nitrogen and oxygen atoms in total. The highest BCUT2D eigenvalue weighted by atomic mass is 35.5. The van der Waals surface area contributed by atoms with E-state index in [9.17, 15) is 4.79 Å². The van der Waals surface area contributed by atoms with Crippen molar-refractivity contribution in [2.75, 3.05) is 26.6 Å². The number of benzene rings is 1. The van der Waals surface area contributed by atoms with E-state index >= 15 is 0 Å². The minimum atomic E-state index is -0.191. The molecule has 1 rings (SSSR count). The van der Waals surface area contributed by atoms with E-state index in [2.05, 4.69) is 19.2 Å². The molecule has 0 saturated carbocycles. The van der Waals surface area contributed by atoms with Gasteiger partial charge in [0.15, 0.2) is 0 Å². The molecule has 0 aliphatic heterocycles. The van der Waals surface area contributed by atoms with Crippen molar-refractivity contribution < 1.29 is 14.3 Å². The fourth-order valence-corrected chi connectivity index (χ4v) is 2.25. The number of ether oxygens (including phenoxy) is 2. The monoisotopic (exact) mass is 313 g/mol. The van der Waals surface area contributed by atoms with Crippen LogP contribution >= 0.6 is 11.6 Å². The van der Waals surface area contributed by atoms with Gasteiger partial charge < -0.3 is 14.8 Å². The number of rotatable bonds is 8. The second-order valence-electron chi connectivity index (χ2n) is 5.68. The first-order chi connectivity index (χ1) is 9.95. The zero-order valence-corrected chi connectivity index (χ0v) is 13.9. The number of halogens is 1. The van der Waals surface area contributed by atoms with E-state index in [4.69, 9.17) is 21.1 Å². The first-order valence-electron chi connectivity index (χ1n) is 7.00. The van der Waals surface area contributed by atoms with Crippen LogP contribution in [0.2, 0.25) is 0 Å². The van der Waals surface area contributed by atoms with Gasteiger partial charge in [0.25, 0.3) is 5.91 Å². The molecule has 0 saturated heterocycles. The maximum Gasteiger partial charge on any atom is 0.258 e. The number of hydrogen-bond acceptors (Lipinski definition) is 3. The average molecular weight is 314 g/mol. The van der Waals surface area contributed by atoms with E-state index in [1.807, 2.05) is 0 Å². The Morgan fingerprint density at radius 3 is 2.29 bits per heavy atom. The van der Waals surface area contributed by atoms with Crippen molar-refractivity contribution in [1.82, 2.24) is 5.32 Å². The molecule has 0 fully saturated rings. The standard InChI is InChI=1S/C16H24ClNO3/c1-16(2,9-6-10-17)11-18-15(19)14-12(20-3)7-5-8-13(14)21-4/h5,7-8H,6,9-11H2,1-4H3,(H,18,19). The third-order valence-corrected chi connectivity index (χ3v) is 3.64. The quantitative estimate of drug-likeness (QED) is 0.747. The van der Waals surface area contributed by atoms with Crippen molar-refractivity contribution >= 4 is 17.5 Å². The van der Waals surface area contributed by atoms with Gasteiger partial charge in [0.1, 0.15) is 17.1 Å². The van der Waals surface area contributed by atoms with Gasteiger partial charge in [0.05, 0.1) is 14.2 Å². The van der Waals surface area contributed by atoms with Crippen molar-refractivity contribution in [3.63, 3.8) is 0 Å². The highest BCUT2D eigenvalue weighted by Crippen LogP contribution is 2.28. The Hall–Kier alpha value is -1.42. The Labute approximate surface area is 131 Å². The third-order valence-electron chi connectivity index (χ3n) is 3.37. The van der Waals surface area contributed by atoms with Crippen molar-refractivity contribution in [2.45, 2.75) is 26.7 Å². The molecule has 0 radical (unpaired) electrons. The molecule has 21 heavy (non-hydrogen) atoms. The van der Waals surface area contributed by atoms with E-state index in [0.717, 1.165) is 12.8 Å². The first kappa shape index (κ1) is 17.6. The summed E-state index contributed by atoms with van der Waals surface area (Å²) in [4.78, 5) is 12.4. The lowest BCUT2D eigenvalue weighted by molar-refractivity contribution is 0.0928. The number of methoxy groups -OCH3 is 2. The van der Waals surface area contributed by atoms with Gasteiger partial charge in [0, 0.05) is 12.4 Å². The van der Waals surface area contributed by atoms with E-state index in [-0.39, 0.29) is 11.3 Å². The van der Waals surface area contributed by atoms with Crippen LogP contribution in [-0.2, 0) is 0 Å². The molecule has 0 aromatic heterocycles. The van der Waals surface area contributed by atoms with Gasteiger partial charge in [0.2, 0.25) is 0 Å². The SMILES string of the molecule is COc1cccc(OC)c1C(=O)NCC(C)(C)CCCCl. The van der Waals surface area contributed by atoms with E-state index in [1.54, 1.807) is 18.2 Å². The summed E-state index contributed by atoms with van der Waals surface area (Å²) in [5.74, 6) is 1.46. The van der Waals surface area contributed by atoms with Crippen LogP contribution < -0.4 is 14.8 Å². The Kier molecular flexibility index (Phi) is 6.82. The predicted octanol–water partition coefficient (Wildman–Crippen LogP) is 3.48. The van der Waals surface area contributed by atoms with Crippen molar-refractivity contribution in [2.24, 2.45) is 5.41 Å². The number of carbonyl (C=O) groups is 1. The Balaban J connectivity index is 2.80. The van der Waals surface area contributed by atoms with E-state index in [1.165, 1.54) is 14.2 Å². The molecule has 1 amide bonds. The summed E-state index contributed by atoms with van der Waals surface area (Å²) in [7, 11) is 3.08. The summed E-state index contributed by atoms with van der Waals surface area (Å²) < 4.78 is 10.5. The zero-order valence-electron chi connectivity index (χ0n) is 13.2. The van der Waals surface area contributed by atoms with Crippen molar-refractivity contribution in [1.29, 1.82) is 0 Å². The van der Waals surface area contributed by atoms with Gasteiger partial charge in [-0.25, -0.2) is 0 Å². The van der Waals surface area contributed by atoms with Crippen LogP contribution in [0.3, 0.4) is 0 Å². The maximum atomic E-state index is 12.4. The molecule has 1 N–H and O–H groups in total.